The molecule has 1 heterocycles. The maximum absolute atomic E-state index is 12.2. The molecular formula is C21H26N2O2S. The number of hydrogen-bond acceptors (Lipinski definition) is 4. The number of rotatable bonds is 7. The largest absolute Gasteiger partial charge is 0.379 e. The fraction of sp³-hybridized carbons (Fsp3) is 0.381. The molecule has 26 heavy (non-hydrogen) atoms. The minimum absolute atomic E-state index is 0.0689. The van der Waals surface area contributed by atoms with Gasteiger partial charge in [0.2, 0.25) is 5.91 Å². The van der Waals surface area contributed by atoms with Crippen molar-refractivity contribution < 1.29 is 9.53 Å². The van der Waals surface area contributed by atoms with Gasteiger partial charge in [-0.05, 0) is 29.7 Å². The first-order chi connectivity index (χ1) is 12.7. The number of ether oxygens (including phenoxy) is 1. The van der Waals surface area contributed by atoms with E-state index in [0.717, 1.165) is 37.7 Å². The van der Waals surface area contributed by atoms with Gasteiger partial charge in [0.05, 0.1) is 19.0 Å². The van der Waals surface area contributed by atoms with Gasteiger partial charge in [0.25, 0.3) is 0 Å². The van der Waals surface area contributed by atoms with Crippen molar-refractivity contribution in [3.05, 3.63) is 65.2 Å². The predicted molar refractivity (Wildman–Crippen MR) is 106 cm³/mol. The molecule has 3 rings (SSSR count). The number of aryl methyl sites for hydroxylation is 1. The van der Waals surface area contributed by atoms with E-state index in [1.807, 2.05) is 18.2 Å². The molecule has 1 amide bonds. The standard InChI is InChI=1S/C21H26N2O2S/c1-17-6-2-5-9-20(17)26-16-21(24)22-14-18-7-3-4-8-19(18)15-23-10-12-25-13-11-23/h2-9H,10-16H2,1H3,(H,22,24). The number of nitrogens with one attached hydrogen (secondary N) is 1. The Balaban J connectivity index is 1.51. The number of carbonyl (C=O) groups is 1. The van der Waals surface area contributed by atoms with Crippen molar-refractivity contribution in [1.82, 2.24) is 10.2 Å². The number of thioether (sulfide) groups is 1. The fourth-order valence-corrected chi connectivity index (χ4v) is 3.85. The molecule has 138 valence electrons. The summed E-state index contributed by atoms with van der Waals surface area (Å²) in [5.41, 5.74) is 3.68. The number of benzene rings is 2. The smallest absolute Gasteiger partial charge is 0.230 e. The Morgan fingerprint density at radius 3 is 2.54 bits per heavy atom. The van der Waals surface area contributed by atoms with Gasteiger partial charge in [0, 0.05) is 31.1 Å². The van der Waals surface area contributed by atoms with Crippen molar-refractivity contribution in [2.75, 3.05) is 32.1 Å². The topological polar surface area (TPSA) is 41.6 Å². The van der Waals surface area contributed by atoms with Crippen LogP contribution in [-0.2, 0) is 22.6 Å². The Morgan fingerprint density at radius 1 is 1.08 bits per heavy atom. The Bertz CT molecular complexity index is 729. The fourth-order valence-electron chi connectivity index (χ4n) is 2.99. The normalized spacial score (nSPS) is 15.0. The maximum Gasteiger partial charge on any atom is 0.230 e. The van der Waals surface area contributed by atoms with Crippen LogP contribution < -0.4 is 5.32 Å². The van der Waals surface area contributed by atoms with Crippen LogP contribution in [0.25, 0.3) is 0 Å². The molecule has 1 fully saturated rings. The number of carbonyl (C=O) groups excluding carboxylic acids is 1. The molecule has 0 aliphatic carbocycles. The summed E-state index contributed by atoms with van der Waals surface area (Å²) >= 11 is 1.59. The zero-order valence-electron chi connectivity index (χ0n) is 15.2. The summed E-state index contributed by atoms with van der Waals surface area (Å²) in [5, 5.41) is 3.06. The zero-order valence-corrected chi connectivity index (χ0v) is 16.1. The number of amides is 1. The summed E-state index contributed by atoms with van der Waals surface area (Å²) in [7, 11) is 0. The second-order valence-corrected chi connectivity index (χ2v) is 7.51. The first kappa shape index (κ1) is 19.0. The van der Waals surface area contributed by atoms with Crippen LogP contribution in [0.5, 0.6) is 0 Å². The first-order valence-corrected chi connectivity index (χ1v) is 10.0. The van der Waals surface area contributed by atoms with Gasteiger partial charge in [-0.1, -0.05) is 42.5 Å². The van der Waals surface area contributed by atoms with Gasteiger partial charge < -0.3 is 10.1 Å². The van der Waals surface area contributed by atoms with Crippen molar-refractivity contribution in [3.8, 4) is 0 Å². The highest BCUT2D eigenvalue weighted by Gasteiger charge is 2.13. The minimum atomic E-state index is 0.0689. The summed E-state index contributed by atoms with van der Waals surface area (Å²) in [5.74, 6) is 0.510. The summed E-state index contributed by atoms with van der Waals surface area (Å²) in [6.07, 6.45) is 0. The first-order valence-electron chi connectivity index (χ1n) is 9.04. The van der Waals surface area contributed by atoms with Gasteiger partial charge in [-0.25, -0.2) is 0 Å². The quantitative estimate of drug-likeness (QED) is 0.760. The molecule has 2 aromatic rings. The van der Waals surface area contributed by atoms with Crippen LogP contribution in [-0.4, -0.2) is 42.9 Å². The van der Waals surface area contributed by atoms with Gasteiger partial charge in [0.15, 0.2) is 0 Å². The van der Waals surface area contributed by atoms with Crippen molar-refractivity contribution >= 4 is 17.7 Å². The second kappa shape index (κ2) is 9.76. The van der Waals surface area contributed by atoms with Crippen LogP contribution >= 0.6 is 11.8 Å². The Kier molecular flexibility index (Phi) is 7.12. The molecule has 1 aliphatic rings. The minimum Gasteiger partial charge on any atom is -0.379 e. The summed E-state index contributed by atoms with van der Waals surface area (Å²) in [4.78, 5) is 15.8. The lowest BCUT2D eigenvalue weighted by Crippen LogP contribution is -2.36. The average Bonchev–Trinajstić information content (AvgIpc) is 2.67. The van der Waals surface area contributed by atoms with Crippen molar-refractivity contribution in [2.45, 2.75) is 24.9 Å². The highest BCUT2D eigenvalue weighted by molar-refractivity contribution is 8.00. The molecule has 0 radical (unpaired) electrons. The highest BCUT2D eigenvalue weighted by Crippen LogP contribution is 2.21. The average molecular weight is 371 g/mol. The molecule has 1 N–H and O–H groups in total. The predicted octanol–water partition coefficient (Wildman–Crippen LogP) is 3.24. The lowest BCUT2D eigenvalue weighted by Gasteiger charge is -2.27. The molecule has 1 aliphatic heterocycles. The van der Waals surface area contributed by atoms with E-state index >= 15 is 0 Å². The van der Waals surface area contributed by atoms with E-state index in [1.165, 1.54) is 16.7 Å². The van der Waals surface area contributed by atoms with Gasteiger partial charge in [-0.3, -0.25) is 9.69 Å². The number of hydrogen-bond donors (Lipinski definition) is 1. The Hall–Kier alpha value is -1.82. The summed E-state index contributed by atoms with van der Waals surface area (Å²) in [6, 6.07) is 16.5. The molecule has 2 aromatic carbocycles. The van der Waals surface area contributed by atoms with Crippen LogP contribution in [0.15, 0.2) is 53.4 Å². The Labute approximate surface area is 159 Å². The Morgan fingerprint density at radius 2 is 1.77 bits per heavy atom. The number of nitrogens with zero attached hydrogens (tertiary/aromatic N) is 1. The van der Waals surface area contributed by atoms with Gasteiger partial charge in [-0.15, -0.1) is 11.8 Å². The van der Waals surface area contributed by atoms with Crippen molar-refractivity contribution in [2.24, 2.45) is 0 Å². The lowest BCUT2D eigenvalue weighted by molar-refractivity contribution is -0.118. The van der Waals surface area contributed by atoms with Crippen molar-refractivity contribution in [1.29, 1.82) is 0 Å². The van der Waals surface area contributed by atoms with E-state index in [1.54, 1.807) is 11.8 Å². The molecule has 0 unspecified atom stereocenters. The van der Waals surface area contributed by atoms with E-state index in [4.69, 9.17) is 4.74 Å². The molecule has 0 aromatic heterocycles. The monoisotopic (exact) mass is 370 g/mol. The summed E-state index contributed by atoms with van der Waals surface area (Å²) < 4.78 is 5.42. The zero-order chi connectivity index (χ0) is 18.2. The number of morpholine rings is 1. The molecule has 0 spiro atoms. The van der Waals surface area contributed by atoms with E-state index in [2.05, 4.69) is 47.5 Å². The van der Waals surface area contributed by atoms with E-state index in [0.29, 0.717) is 12.3 Å². The summed E-state index contributed by atoms with van der Waals surface area (Å²) in [6.45, 7) is 7.09. The maximum atomic E-state index is 12.2. The van der Waals surface area contributed by atoms with E-state index < -0.39 is 0 Å². The molecule has 0 saturated carbocycles. The highest BCUT2D eigenvalue weighted by atomic mass is 32.2. The lowest BCUT2D eigenvalue weighted by atomic mass is 10.1. The molecule has 4 nitrogen and oxygen atoms in total. The van der Waals surface area contributed by atoms with Gasteiger partial charge >= 0.3 is 0 Å². The van der Waals surface area contributed by atoms with Crippen LogP contribution in [0.2, 0.25) is 0 Å². The van der Waals surface area contributed by atoms with Crippen LogP contribution in [0.4, 0.5) is 0 Å². The van der Waals surface area contributed by atoms with E-state index in [9.17, 15) is 4.79 Å². The SMILES string of the molecule is Cc1ccccc1SCC(=O)NCc1ccccc1CN1CCOCC1. The van der Waals surface area contributed by atoms with Gasteiger partial charge in [-0.2, -0.15) is 0 Å². The molecule has 0 bridgehead atoms. The van der Waals surface area contributed by atoms with E-state index in [-0.39, 0.29) is 5.91 Å². The van der Waals surface area contributed by atoms with Gasteiger partial charge in [0.1, 0.15) is 0 Å². The molecule has 0 atom stereocenters. The third-order valence-corrected chi connectivity index (χ3v) is 5.72. The molecular weight excluding hydrogens is 344 g/mol. The van der Waals surface area contributed by atoms with Crippen LogP contribution in [0, 0.1) is 6.92 Å². The third kappa shape index (κ3) is 5.59. The third-order valence-electron chi connectivity index (χ3n) is 4.54. The van der Waals surface area contributed by atoms with Crippen LogP contribution in [0.1, 0.15) is 16.7 Å². The van der Waals surface area contributed by atoms with Crippen LogP contribution in [0.3, 0.4) is 0 Å². The molecule has 1 saturated heterocycles. The van der Waals surface area contributed by atoms with Crippen molar-refractivity contribution in [3.63, 3.8) is 0 Å². The molecule has 5 heteroatoms. The second-order valence-electron chi connectivity index (χ2n) is 6.49.